The maximum Gasteiger partial charge on any atom is 0.255 e. The van der Waals surface area contributed by atoms with Crippen molar-refractivity contribution in [2.24, 2.45) is 0 Å². The molecule has 92 valence electrons. The van der Waals surface area contributed by atoms with Gasteiger partial charge in [0.05, 0.1) is 15.2 Å². The van der Waals surface area contributed by atoms with Gasteiger partial charge in [0, 0.05) is 5.56 Å². The second-order valence-corrected chi connectivity index (χ2v) is 4.82. The van der Waals surface area contributed by atoms with Crippen LogP contribution in [0.4, 0.5) is 10.1 Å². The molecule has 0 aliphatic heterocycles. The summed E-state index contributed by atoms with van der Waals surface area (Å²) in [7, 11) is 0. The zero-order chi connectivity index (χ0) is 13.1. The van der Waals surface area contributed by atoms with Gasteiger partial charge in [0.2, 0.25) is 0 Å². The summed E-state index contributed by atoms with van der Waals surface area (Å²) in [4.78, 5) is 11.9. The summed E-state index contributed by atoms with van der Waals surface area (Å²) >= 11 is 8.96. The highest BCUT2D eigenvalue weighted by Crippen LogP contribution is 2.22. The average Bonchev–Trinajstić information content (AvgIpc) is 2.35. The summed E-state index contributed by atoms with van der Waals surface area (Å²) < 4.78 is 13.3. The number of nitrogens with one attached hydrogen (secondary N) is 1. The highest BCUT2D eigenvalue weighted by Gasteiger charge is 2.10. The van der Waals surface area contributed by atoms with Crippen molar-refractivity contribution in [3.8, 4) is 0 Å². The molecule has 0 saturated heterocycles. The standard InChI is InChI=1S/C13H8BrClFNO/c14-9-7-8(5-6-11(9)16)13(18)17-12-4-2-1-3-10(12)15/h1-7H,(H,17,18). The minimum atomic E-state index is -0.413. The summed E-state index contributed by atoms with van der Waals surface area (Å²) in [6.07, 6.45) is 0. The van der Waals surface area contributed by atoms with Gasteiger partial charge in [-0.25, -0.2) is 4.39 Å². The lowest BCUT2D eigenvalue weighted by Crippen LogP contribution is -2.12. The van der Waals surface area contributed by atoms with Gasteiger partial charge < -0.3 is 5.32 Å². The van der Waals surface area contributed by atoms with E-state index in [1.165, 1.54) is 18.2 Å². The van der Waals surface area contributed by atoms with Gasteiger partial charge in [0.25, 0.3) is 5.91 Å². The number of amides is 1. The largest absolute Gasteiger partial charge is 0.321 e. The first-order valence-corrected chi connectivity index (χ1v) is 6.26. The molecule has 0 bridgehead atoms. The molecule has 2 rings (SSSR count). The Hall–Kier alpha value is -1.39. The van der Waals surface area contributed by atoms with E-state index < -0.39 is 5.82 Å². The Morgan fingerprint density at radius 1 is 1.22 bits per heavy atom. The first-order valence-electron chi connectivity index (χ1n) is 5.09. The van der Waals surface area contributed by atoms with Crippen molar-refractivity contribution in [2.75, 3.05) is 5.32 Å². The van der Waals surface area contributed by atoms with E-state index in [2.05, 4.69) is 21.2 Å². The molecule has 2 aromatic carbocycles. The van der Waals surface area contributed by atoms with E-state index in [1.807, 2.05) is 0 Å². The van der Waals surface area contributed by atoms with Gasteiger partial charge >= 0.3 is 0 Å². The summed E-state index contributed by atoms with van der Waals surface area (Å²) in [5.41, 5.74) is 0.868. The van der Waals surface area contributed by atoms with Crippen LogP contribution in [0, 0.1) is 5.82 Å². The number of anilines is 1. The van der Waals surface area contributed by atoms with Crippen molar-refractivity contribution in [2.45, 2.75) is 0 Å². The van der Waals surface area contributed by atoms with Gasteiger partial charge in [-0.3, -0.25) is 4.79 Å². The first-order chi connectivity index (χ1) is 8.58. The average molecular weight is 329 g/mol. The van der Waals surface area contributed by atoms with Crippen molar-refractivity contribution in [1.82, 2.24) is 0 Å². The molecule has 0 atom stereocenters. The molecular formula is C13H8BrClFNO. The van der Waals surface area contributed by atoms with Crippen LogP contribution in [0.15, 0.2) is 46.9 Å². The minimum Gasteiger partial charge on any atom is -0.321 e. The van der Waals surface area contributed by atoms with Crippen LogP contribution in [0.25, 0.3) is 0 Å². The lowest BCUT2D eigenvalue weighted by Gasteiger charge is -2.07. The number of hydrogen-bond donors (Lipinski definition) is 1. The number of carbonyl (C=O) groups excluding carboxylic acids is 1. The Morgan fingerprint density at radius 3 is 2.61 bits per heavy atom. The van der Waals surface area contributed by atoms with Crippen LogP contribution in [-0.2, 0) is 0 Å². The van der Waals surface area contributed by atoms with E-state index in [0.717, 1.165) is 0 Å². The van der Waals surface area contributed by atoms with Crippen molar-refractivity contribution in [3.63, 3.8) is 0 Å². The van der Waals surface area contributed by atoms with Crippen LogP contribution in [0.2, 0.25) is 5.02 Å². The molecule has 0 fully saturated rings. The SMILES string of the molecule is O=C(Nc1ccccc1Cl)c1ccc(F)c(Br)c1. The van der Waals surface area contributed by atoms with E-state index in [9.17, 15) is 9.18 Å². The van der Waals surface area contributed by atoms with Crippen LogP contribution in [0.3, 0.4) is 0 Å². The normalized spacial score (nSPS) is 10.2. The lowest BCUT2D eigenvalue weighted by molar-refractivity contribution is 0.102. The zero-order valence-corrected chi connectivity index (χ0v) is 11.4. The molecule has 0 unspecified atom stereocenters. The lowest BCUT2D eigenvalue weighted by atomic mass is 10.2. The second-order valence-electron chi connectivity index (χ2n) is 3.56. The number of benzene rings is 2. The van der Waals surface area contributed by atoms with Gasteiger partial charge in [0.1, 0.15) is 5.82 Å². The van der Waals surface area contributed by atoms with Gasteiger partial charge in [-0.1, -0.05) is 23.7 Å². The Morgan fingerprint density at radius 2 is 1.94 bits per heavy atom. The predicted octanol–water partition coefficient (Wildman–Crippen LogP) is 4.49. The third-order valence-electron chi connectivity index (χ3n) is 2.30. The van der Waals surface area contributed by atoms with Gasteiger partial charge in [-0.15, -0.1) is 0 Å². The third-order valence-corrected chi connectivity index (χ3v) is 3.24. The van der Waals surface area contributed by atoms with E-state index in [0.29, 0.717) is 16.3 Å². The van der Waals surface area contributed by atoms with E-state index >= 15 is 0 Å². The van der Waals surface area contributed by atoms with Gasteiger partial charge in [-0.05, 0) is 46.3 Å². The van der Waals surface area contributed by atoms with Crippen molar-refractivity contribution >= 4 is 39.1 Å². The Labute approximate surface area is 117 Å². The number of para-hydroxylation sites is 1. The fraction of sp³-hybridized carbons (Fsp3) is 0. The topological polar surface area (TPSA) is 29.1 Å². The van der Waals surface area contributed by atoms with Crippen molar-refractivity contribution in [1.29, 1.82) is 0 Å². The molecule has 2 nitrogen and oxygen atoms in total. The number of carbonyl (C=O) groups is 1. The summed E-state index contributed by atoms with van der Waals surface area (Å²) in [5.74, 6) is -0.756. The fourth-order valence-corrected chi connectivity index (χ4v) is 1.96. The zero-order valence-electron chi connectivity index (χ0n) is 9.08. The van der Waals surface area contributed by atoms with E-state index in [-0.39, 0.29) is 10.4 Å². The quantitative estimate of drug-likeness (QED) is 0.864. The smallest absolute Gasteiger partial charge is 0.255 e. The maximum absolute atomic E-state index is 13.1. The molecule has 1 amide bonds. The molecule has 0 saturated carbocycles. The molecule has 0 aromatic heterocycles. The van der Waals surface area contributed by atoms with Crippen molar-refractivity contribution in [3.05, 3.63) is 63.3 Å². The van der Waals surface area contributed by atoms with Gasteiger partial charge in [0.15, 0.2) is 0 Å². The van der Waals surface area contributed by atoms with E-state index in [4.69, 9.17) is 11.6 Å². The number of hydrogen-bond acceptors (Lipinski definition) is 1. The number of halogens is 3. The summed E-state index contributed by atoms with van der Waals surface area (Å²) in [5, 5.41) is 3.11. The van der Waals surface area contributed by atoms with Gasteiger partial charge in [-0.2, -0.15) is 0 Å². The Balaban J connectivity index is 2.22. The molecule has 0 aliphatic rings. The molecule has 18 heavy (non-hydrogen) atoms. The Kier molecular flexibility index (Phi) is 3.99. The highest BCUT2D eigenvalue weighted by atomic mass is 79.9. The van der Waals surface area contributed by atoms with Crippen LogP contribution in [0.1, 0.15) is 10.4 Å². The van der Waals surface area contributed by atoms with Crippen LogP contribution in [-0.4, -0.2) is 5.91 Å². The predicted molar refractivity (Wildman–Crippen MR) is 73.5 cm³/mol. The van der Waals surface area contributed by atoms with Crippen LogP contribution >= 0.6 is 27.5 Å². The molecule has 1 N–H and O–H groups in total. The summed E-state index contributed by atoms with van der Waals surface area (Å²) in [6.45, 7) is 0. The molecule has 0 radical (unpaired) electrons. The first kappa shape index (κ1) is 13.1. The molecule has 2 aromatic rings. The van der Waals surface area contributed by atoms with Crippen LogP contribution < -0.4 is 5.32 Å². The third kappa shape index (κ3) is 2.89. The number of rotatable bonds is 2. The Bertz CT molecular complexity index is 603. The molecular weight excluding hydrogens is 321 g/mol. The molecule has 5 heteroatoms. The molecule has 0 aliphatic carbocycles. The monoisotopic (exact) mass is 327 g/mol. The molecule has 0 heterocycles. The fourth-order valence-electron chi connectivity index (χ4n) is 1.39. The van der Waals surface area contributed by atoms with Crippen LogP contribution in [0.5, 0.6) is 0 Å². The highest BCUT2D eigenvalue weighted by molar-refractivity contribution is 9.10. The summed E-state index contributed by atoms with van der Waals surface area (Å²) in [6, 6.07) is 11.0. The van der Waals surface area contributed by atoms with E-state index in [1.54, 1.807) is 24.3 Å². The maximum atomic E-state index is 13.1. The molecule has 0 spiro atoms. The minimum absolute atomic E-state index is 0.245. The van der Waals surface area contributed by atoms with Crippen molar-refractivity contribution < 1.29 is 9.18 Å². The second kappa shape index (κ2) is 5.50.